The minimum absolute atomic E-state index is 0.275. The SMILES string of the molecule is Cn1ccc(-c2noc(C3CC=CCC3C(=O)O)n2)n1. The number of aryl methyl sites for hydroxylation is 1. The van der Waals surface area contributed by atoms with E-state index in [1.165, 1.54) is 0 Å². The molecule has 7 heteroatoms. The third-order valence-electron chi connectivity index (χ3n) is 3.45. The maximum Gasteiger partial charge on any atom is 0.307 e. The Balaban J connectivity index is 1.89. The van der Waals surface area contributed by atoms with Gasteiger partial charge in [0.2, 0.25) is 11.7 Å². The van der Waals surface area contributed by atoms with Crippen molar-refractivity contribution in [1.82, 2.24) is 19.9 Å². The molecule has 2 heterocycles. The molecule has 0 saturated carbocycles. The zero-order valence-electron chi connectivity index (χ0n) is 10.9. The largest absolute Gasteiger partial charge is 0.481 e. The molecule has 1 aliphatic rings. The first-order valence-electron chi connectivity index (χ1n) is 6.36. The van der Waals surface area contributed by atoms with E-state index in [1.54, 1.807) is 24.0 Å². The van der Waals surface area contributed by atoms with Gasteiger partial charge in [-0.3, -0.25) is 9.48 Å². The molecule has 1 aliphatic carbocycles. The highest BCUT2D eigenvalue weighted by Gasteiger charge is 2.34. The molecule has 7 nitrogen and oxygen atoms in total. The van der Waals surface area contributed by atoms with Crippen LogP contribution in [0.25, 0.3) is 11.5 Å². The first-order chi connectivity index (χ1) is 9.65. The number of allylic oxidation sites excluding steroid dienone is 2. The molecule has 0 aromatic carbocycles. The third-order valence-corrected chi connectivity index (χ3v) is 3.45. The standard InChI is InChI=1S/C13H14N4O3/c1-17-7-6-10(15-17)11-14-12(20-16-11)8-4-2-3-5-9(8)13(18)19/h2-3,6-9H,4-5H2,1H3,(H,18,19). The van der Waals surface area contributed by atoms with Gasteiger partial charge in [0.15, 0.2) is 0 Å². The van der Waals surface area contributed by atoms with Gasteiger partial charge in [-0.15, -0.1) is 0 Å². The van der Waals surface area contributed by atoms with Gasteiger partial charge in [0.1, 0.15) is 5.69 Å². The number of nitrogens with zero attached hydrogens (tertiary/aromatic N) is 4. The Morgan fingerprint density at radius 3 is 2.95 bits per heavy atom. The molecular weight excluding hydrogens is 260 g/mol. The van der Waals surface area contributed by atoms with Crippen LogP contribution < -0.4 is 0 Å². The third kappa shape index (κ3) is 2.22. The van der Waals surface area contributed by atoms with E-state index in [0.717, 1.165) is 0 Å². The van der Waals surface area contributed by atoms with Gasteiger partial charge in [0, 0.05) is 13.2 Å². The van der Waals surface area contributed by atoms with Crippen molar-refractivity contribution in [3.63, 3.8) is 0 Å². The molecule has 0 bridgehead atoms. The quantitative estimate of drug-likeness (QED) is 0.854. The van der Waals surface area contributed by atoms with Crippen LogP contribution >= 0.6 is 0 Å². The topological polar surface area (TPSA) is 94.0 Å². The fourth-order valence-corrected chi connectivity index (χ4v) is 2.38. The van der Waals surface area contributed by atoms with Crippen LogP contribution in [0.2, 0.25) is 0 Å². The normalized spacial score (nSPS) is 22.1. The van der Waals surface area contributed by atoms with Crippen molar-refractivity contribution in [3.8, 4) is 11.5 Å². The molecule has 1 N–H and O–H groups in total. The molecule has 0 spiro atoms. The lowest BCUT2D eigenvalue weighted by Crippen LogP contribution is -2.23. The maximum absolute atomic E-state index is 11.3. The molecule has 0 saturated heterocycles. The van der Waals surface area contributed by atoms with E-state index in [0.29, 0.717) is 30.3 Å². The number of carbonyl (C=O) groups is 1. The second-order valence-electron chi connectivity index (χ2n) is 4.82. The molecule has 20 heavy (non-hydrogen) atoms. The molecule has 2 atom stereocenters. The van der Waals surface area contributed by atoms with Crippen molar-refractivity contribution >= 4 is 5.97 Å². The second kappa shape index (κ2) is 4.92. The van der Waals surface area contributed by atoms with Gasteiger partial charge in [0.25, 0.3) is 0 Å². The van der Waals surface area contributed by atoms with Crippen LogP contribution in [0.4, 0.5) is 0 Å². The fraction of sp³-hybridized carbons (Fsp3) is 0.385. The van der Waals surface area contributed by atoms with E-state index >= 15 is 0 Å². The van der Waals surface area contributed by atoms with Crippen molar-refractivity contribution in [3.05, 3.63) is 30.3 Å². The zero-order valence-corrected chi connectivity index (χ0v) is 10.9. The lowest BCUT2D eigenvalue weighted by molar-refractivity contribution is -0.142. The highest BCUT2D eigenvalue weighted by atomic mass is 16.5. The Morgan fingerprint density at radius 1 is 1.45 bits per heavy atom. The van der Waals surface area contributed by atoms with Gasteiger partial charge < -0.3 is 9.63 Å². The summed E-state index contributed by atoms with van der Waals surface area (Å²) in [6.07, 6.45) is 6.71. The Kier molecular flexibility index (Phi) is 3.09. The Morgan fingerprint density at radius 2 is 2.25 bits per heavy atom. The minimum Gasteiger partial charge on any atom is -0.481 e. The van der Waals surface area contributed by atoms with Crippen LogP contribution in [-0.4, -0.2) is 31.0 Å². The predicted molar refractivity (Wildman–Crippen MR) is 68.7 cm³/mol. The van der Waals surface area contributed by atoms with Crippen LogP contribution in [0.1, 0.15) is 24.7 Å². The van der Waals surface area contributed by atoms with Crippen molar-refractivity contribution in [1.29, 1.82) is 0 Å². The lowest BCUT2D eigenvalue weighted by Gasteiger charge is -2.21. The summed E-state index contributed by atoms with van der Waals surface area (Å²) in [4.78, 5) is 15.6. The van der Waals surface area contributed by atoms with Crippen LogP contribution in [0.15, 0.2) is 28.9 Å². The van der Waals surface area contributed by atoms with Gasteiger partial charge in [-0.25, -0.2) is 0 Å². The zero-order chi connectivity index (χ0) is 14.1. The first-order valence-corrected chi connectivity index (χ1v) is 6.36. The van der Waals surface area contributed by atoms with Gasteiger partial charge in [-0.05, 0) is 18.9 Å². The van der Waals surface area contributed by atoms with Crippen LogP contribution in [0, 0.1) is 5.92 Å². The average Bonchev–Trinajstić information content (AvgIpc) is 3.07. The summed E-state index contributed by atoms with van der Waals surface area (Å²) in [6, 6.07) is 1.78. The fourth-order valence-electron chi connectivity index (χ4n) is 2.38. The molecule has 2 aromatic rings. The molecular formula is C13H14N4O3. The average molecular weight is 274 g/mol. The number of carboxylic acid groups (broad SMARTS) is 1. The van der Waals surface area contributed by atoms with Crippen LogP contribution in [0.5, 0.6) is 0 Å². The van der Waals surface area contributed by atoms with Crippen molar-refractivity contribution in [2.24, 2.45) is 13.0 Å². The molecule has 0 amide bonds. The number of hydrogen-bond donors (Lipinski definition) is 1. The molecule has 104 valence electrons. The van der Waals surface area contributed by atoms with E-state index in [4.69, 9.17) is 4.52 Å². The van der Waals surface area contributed by atoms with Gasteiger partial charge in [-0.1, -0.05) is 17.3 Å². The van der Waals surface area contributed by atoms with E-state index in [1.807, 2.05) is 12.2 Å². The van der Waals surface area contributed by atoms with Crippen LogP contribution in [-0.2, 0) is 11.8 Å². The number of carboxylic acids is 1. The molecule has 0 radical (unpaired) electrons. The van der Waals surface area contributed by atoms with E-state index in [2.05, 4.69) is 15.2 Å². The number of rotatable bonds is 3. The molecule has 3 rings (SSSR count). The predicted octanol–water partition coefficient (Wildman–Crippen LogP) is 1.60. The summed E-state index contributed by atoms with van der Waals surface area (Å²) in [7, 11) is 1.80. The second-order valence-corrected chi connectivity index (χ2v) is 4.82. The lowest BCUT2D eigenvalue weighted by atomic mass is 9.83. The summed E-state index contributed by atoms with van der Waals surface area (Å²) in [5, 5.41) is 17.3. The summed E-state index contributed by atoms with van der Waals surface area (Å²) < 4.78 is 6.89. The first kappa shape index (κ1) is 12.6. The summed E-state index contributed by atoms with van der Waals surface area (Å²) >= 11 is 0. The van der Waals surface area contributed by atoms with Gasteiger partial charge in [0.05, 0.1) is 11.8 Å². The Bertz CT molecular complexity index is 658. The van der Waals surface area contributed by atoms with Gasteiger partial charge in [-0.2, -0.15) is 10.1 Å². The number of hydrogen-bond acceptors (Lipinski definition) is 5. The number of aromatic nitrogens is 4. The van der Waals surface area contributed by atoms with Crippen molar-refractivity contribution in [2.75, 3.05) is 0 Å². The van der Waals surface area contributed by atoms with Crippen LogP contribution in [0.3, 0.4) is 0 Å². The summed E-state index contributed by atoms with van der Waals surface area (Å²) in [6.45, 7) is 0. The van der Waals surface area contributed by atoms with Crippen molar-refractivity contribution in [2.45, 2.75) is 18.8 Å². The smallest absolute Gasteiger partial charge is 0.307 e. The minimum atomic E-state index is -0.836. The number of aliphatic carboxylic acids is 1. The van der Waals surface area contributed by atoms with Gasteiger partial charge >= 0.3 is 5.97 Å². The Labute approximate surface area is 114 Å². The molecule has 2 unspecified atom stereocenters. The monoisotopic (exact) mass is 274 g/mol. The Hall–Kier alpha value is -2.44. The summed E-state index contributed by atoms with van der Waals surface area (Å²) in [5.41, 5.74) is 0.612. The maximum atomic E-state index is 11.3. The van der Waals surface area contributed by atoms with E-state index in [-0.39, 0.29) is 5.92 Å². The molecule has 2 aromatic heterocycles. The molecule has 0 fully saturated rings. The highest BCUT2D eigenvalue weighted by Crippen LogP contribution is 2.34. The van der Waals surface area contributed by atoms with E-state index in [9.17, 15) is 9.90 Å². The van der Waals surface area contributed by atoms with E-state index < -0.39 is 11.9 Å². The highest BCUT2D eigenvalue weighted by molar-refractivity contribution is 5.71. The molecule has 0 aliphatic heterocycles. The van der Waals surface area contributed by atoms with Crippen molar-refractivity contribution < 1.29 is 14.4 Å². The summed E-state index contributed by atoms with van der Waals surface area (Å²) in [5.74, 6) is -0.877.